The van der Waals surface area contributed by atoms with Gasteiger partial charge in [-0.2, -0.15) is 5.10 Å². The predicted molar refractivity (Wildman–Crippen MR) is 79.7 cm³/mol. The molecule has 1 aromatic heterocycles. The number of fused-ring (bicyclic) bond motifs is 1. The van der Waals surface area contributed by atoms with Crippen molar-refractivity contribution in [1.82, 2.24) is 9.78 Å². The van der Waals surface area contributed by atoms with Crippen molar-refractivity contribution in [2.24, 2.45) is 0 Å². The van der Waals surface area contributed by atoms with Crippen molar-refractivity contribution >= 4 is 22.8 Å². The Morgan fingerprint density at radius 3 is 2.45 bits per heavy atom. The fraction of sp³-hybridized carbons (Fsp3) is 0.0625. The number of hydrogen-bond donors (Lipinski definition) is 2. The number of carbonyl (C=O) groups is 2. The van der Waals surface area contributed by atoms with Crippen molar-refractivity contribution in [2.75, 3.05) is 0 Å². The van der Waals surface area contributed by atoms with E-state index in [1.54, 1.807) is 6.20 Å². The van der Waals surface area contributed by atoms with E-state index < -0.39 is 11.9 Å². The second-order valence-electron chi connectivity index (χ2n) is 4.86. The minimum absolute atomic E-state index is 0.0300. The molecule has 3 rings (SSSR count). The van der Waals surface area contributed by atoms with Gasteiger partial charge in [-0.25, -0.2) is 14.3 Å². The quantitative estimate of drug-likeness (QED) is 0.775. The molecule has 6 heteroatoms. The van der Waals surface area contributed by atoms with Crippen molar-refractivity contribution < 1.29 is 19.8 Å². The van der Waals surface area contributed by atoms with Crippen LogP contribution in [0.25, 0.3) is 16.6 Å². The molecular formula is C16H12N2O4. The zero-order valence-corrected chi connectivity index (χ0v) is 11.6. The molecule has 110 valence electrons. The van der Waals surface area contributed by atoms with Crippen LogP contribution in [0.2, 0.25) is 0 Å². The van der Waals surface area contributed by atoms with Crippen LogP contribution in [0.4, 0.5) is 0 Å². The van der Waals surface area contributed by atoms with E-state index in [4.69, 9.17) is 5.11 Å². The van der Waals surface area contributed by atoms with Gasteiger partial charge in [-0.1, -0.05) is 18.2 Å². The van der Waals surface area contributed by atoms with Crippen LogP contribution in [-0.4, -0.2) is 31.9 Å². The molecule has 0 spiro atoms. The summed E-state index contributed by atoms with van der Waals surface area (Å²) in [6, 6.07) is 10.3. The molecule has 0 aliphatic carbocycles. The average Bonchev–Trinajstić information content (AvgIpc) is 2.89. The van der Waals surface area contributed by atoms with Crippen LogP contribution in [0.3, 0.4) is 0 Å². The molecule has 2 aromatic carbocycles. The van der Waals surface area contributed by atoms with Gasteiger partial charge in [-0.3, -0.25) is 0 Å². The highest BCUT2D eigenvalue weighted by Gasteiger charge is 2.21. The van der Waals surface area contributed by atoms with Crippen LogP contribution in [0.5, 0.6) is 0 Å². The van der Waals surface area contributed by atoms with Crippen molar-refractivity contribution in [2.45, 2.75) is 6.92 Å². The zero-order valence-electron chi connectivity index (χ0n) is 11.6. The first-order valence-electron chi connectivity index (χ1n) is 6.54. The molecule has 0 amide bonds. The first kappa shape index (κ1) is 13.8. The van der Waals surface area contributed by atoms with Gasteiger partial charge in [-0.05, 0) is 30.7 Å². The Balaban J connectivity index is 2.34. The van der Waals surface area contributed by atoms with Crippen LogP contribution >= 0.6 is 0 Å². The predicted octanol–water partition coefficient (Wildman–Crippen LogP) is 2.73. The van der Waals surface area contributed by atoms with Gasteiger partial charge < -0.3 is 10.2 Å². The summed E-state index contributed by atoms with van der Waals surface area (Å²) in [4.78, 5) is 22.8. The van der Waals surface area contributed by atoms with Crippen LogP contribution in [0, 0.1) is 6.92 Å². The molecule has 0 fully saturated rings. The van der Waals surface area contributed by atoms with E-state index in [2.05, 4.69) is 5.10 Å². The third-order valence-electron chi connectivity index (χ3n) is 3.59. The number of aromatic carboxylic acids is 2. The Labute approximate surface area is 125 Å². The molecule has 6 nitrogen and oxygen atoms in total. The maximum Gasteiger partial charge on any atom is 0.338 e. The van der Waals surface area contributed by atoms with Crippen molar-refractivity contribution in [3.05, 3.63) is 59.3 Å². The number of benzene rings is 2. The maximum absolute atomic E-state index is 11.6. The summed E-state index contributed by atoms with van der Waals surface area (Å²) in [5.74, 6) is -2.34. The van der Waals surface area contributed by atoms with Gasteiger partial charge in [0.15, 0.2) is 0 Å². The van der Waals surface area contributed by atoms with Crippen LogP contribution in [0.1, 0.15) is 26.3 Å². The number of aromatic nitrogens is 2. The van der Waals surface area contributed by atoms with E-state index in [0.717, 1.165) is 10.9 Å². The second kappa shape index (κ2) is 5.00. The lowest BCUT2D eigenvalue weighted by Crippen LogP contribution is -2.12. The van der Waals surface area contributed by atoms with E-state index in [1.165, 1.54) is 23.7 Å². The molecule has 0 aliphatic rings. The summed E-state index contributed by atoms with van der Waals surface area (Å²) < 4.78 is 1.51. The number of carboxylic acids is 2. The fourth-order valence-corrected chi connectivity index (χ4v) is 2.54. The van der Waals surface area contributed by atoms with Gasteiger partial charge >= 0.3 is 11.9 Å². The average molecular weight is 296 g/mol. The van der Waals surface area contributed by atoms with Crippen LogP contribution in [0.15, 0.2) is 42.6 Å². The fourth-order valence-electron chi connectivity index (χ4n) is 2.54. The molecule has 0 unspecified atom stereocenters. The monoisotopic (exact) mass is 296 g/mol. The topological polar surface area (TPSA) is 92.4 Å². The lowest BCUT2D eigenvalue weighted by molar-refractivity contribution is 0.0695. The molecule has 0 aliphatic heterocycles. The first-order valence-corrected chi connectivity index (χ1v) is 6.54. The lowest BCUT2D eigenvalue weighted by atomic mass is 10.00. The van der Waals surface area contributed by atoms with Gasteiger partial charge in [0, 0.05) is 5.39 Å². The standard InChI is InChI=1S/C16H12N2O4/c1-9-11(15(19)20)6-7-13(14(9)16(21)22)18-12-5-3-2-4-10(12)8-17-18/h2-8H,1H3,(H,19,20)(H,21,22). The molecule has 2 N–H and O–H groups in total. The Morgan fingerprint density at radius 1 is 1.05 bits per heavy atom. The Bertz CT molecular complexity index is 912. The summed E-state index contributed by atoms with van der Waals surface area (Å²) in [6.45, 7) is 1.49. The Morgan fingerprint density at radius 2 is 1.77 bits per heavy atom. The number of carboxylic acid groups (broad SMARTS) is 2. The molecule has 3 aromatic rings. The SMILES string of the molecule is Cc1c(C(=O)O)ccc(-n2ncc3ccccc32)c1C(=O)O. The second-order valence-corrected chi connectivity index (χ2v) is 4.86. The highest BCUT2D eigenvalue weighted by molar-refractivity contribution is 6.00. The van der Waals surface area contributed by atoms with Gasteiger partial charge in [0.25, 0.3) is 0 Å². The maximum atomic E-state index is 11.6. The van der Waals surface area contributed by atoms with Crippen LogP contribution < -0.4 is 0 Å². The number of rotatable bonds is 3. The van der Waals surface area contributed by atoms with Gasteiger partial charge in [0.1, 0.15) is 0 Å². The number of para-hydroxylation sites is 1. The number of nitrogens with zero attached hydrogens (tertiary/aromatic N) is 2. The smallest absolute Gasteiger partial charge is 0.338 e. The van der Waals surface area contributed by atoms with Crippen molar-refractivity contribution in [1.29, 1.82) is 0 Å². The van der Waals surface area contributed by atoms with E-state index in [-0.39, 0.29) is 16.7 Å². The highest BCUT2D eigenvalue weighted by atomic mass is 16.4. The Hall–Kier alpha value is -3.15. The number of hydrogen-bond acceptors (Lipinski definition) is 3. The van der Waals surface area contributed by atoms with E-state index in [9.17, 15) is 14.7 Å². The third kappa shape index (κ3) is 2.01. The minimum atomic E-state index is -1.19. The minimum Gasteiger partial charge on any atom is -0.478 e. The van der Waals surface area contributed by atoms with E-state index in [1.807, 2.05) is 24.3 Å². The largest absolute Gasteiger partial charge is 0.478 e. The van der Waals surface area contributed by atoms with E-state index >= 15 is 0 Å². The zero-order chi connectivity index (χ0) is 15.9. The lowest BCUT2D eigenvalue weighted by Gasteiger charge is -2.12. The third-order valence-corrected chi connectivity index (χ3v) is 3.59. The van der Waals surface area contributed by atoms with E-state index in [0.29, 0.717) is 5.69 Å². The molecule has 0 radical (unpaired) electrons. The van der Waals surface area contributed by atoms with Gasteiger partial charge in [0.05, 0.1) is 28.5 Å². The van der Waals surface area contributed by atoms with Crippen LogP contribution in [-0.2, 0) is 0 Å². The Kier molecular flexibility index (Phi) is 3.14. The molecular weight excluding hydrogens is 284 g/mol. The van der Waals surface area contributed by atoms with Gasteiger partial charge in [0.2, 0.25) is 0 Å². The molecule has 0 atom stereocenters. The molecule has 0 saturated heterocycles. The summed E-state index contributed by atoms with van der Waals surface area (Å²) in [5, 5.41) is 23.7. The highest BCUT2D eigenvalue weighted by Crippen LogP contribution is 2.25. The summed E-state index contributed by atoms with van der Waals surface area (Å²) in [5.41, 5.74) is 1.21. The summed E-state index contributed by atoms with van der Waals surface area (Å²) >= 11 is 0. The summed E-state index contributed by atoms with van der Waals surface area (Å²) in [7, 11) is 0. The van der Waals surface area contributed by atoms with Gasteiger partial charge in [-0.15, -0.1) is 0 Å². The molecule has 22 heavy (non-hydrogen) atoms. The molecule has 0 bridgehead atoms. The normalized spacial score (nSPS) is 10.8. The van der Waals surface area contributed by atoms with Crippen molar-refractivity contribution in [3.63, 3.8) is 0 Å². The molecule has 1 heterocycles. The molecule has 0 saturated carbocycles. The van der Waals surface area contributed by atoms with Crippen molar-refractivity contribution in [3.8, 4) is 5.69 Å². The summed E-state index contributed by atoms with van der Waals surface area (Å²) in [6.07, 6.45) is 1.64. The first-order chi connectivity index (χ1) is 10.5.